The van der Waals surface area contributed by atoms with Gasteiger partial charge in [-0.3, -0.25) is 4.79 Å². The largest absolute Gasteiger partial charge is 0.497 e. The van der Waals surface area contributed by atoms with Gasteiger partial charge in [-0.15, -0.1) is 11.8 Å². The summed E-state index contributed by atoms with van der Waals surface area (Å²) in [5.41, 5.74) is 4.23. The van der Waals surface area contributed by atoms with Gasteiger partial charge in [0.05, 0.1) is 12.8 Å². The Balaban J connectivity index is 1.42. The summed E-state index contributed by atoms with van der Waals surface area (Å²) in [5, 5.41) is 2.88. The van der Waals surface area contributed by atoms with Gasteiger partial charge in [-0.05, 0) is 62.4 Å². The number of oxazole rings is 1. The van der Waals surface area contributed by atoms with Crippen LogP contribution in [0.1, 0.15) is 27.4 Å². The first-order valence-corrected chi connectivity index (χ1v) is 11.2. The Morgan fingerprint density at radius 2 is 1.78 bits per heavy atom. The number of hydrogen-bond donors (Lipinski definition) is 1. The number of thioether (sulfide) groups is 1. The third kappa shape index (κ3) is 5.21. The Morgan fingerprint density at radius 1 is 1.03 bits per heavy atom. The second-order valence-electron chi connectivity index (χ2n) is 7.39. The number of amides is 1. The monoisotopic (exact) mass is 444 g/mol. The van der Waals surface area contributed by atoms with Gasteiger partial charge in [0.15, 0.2) is 0 Å². The molecule has 0 aliphatic carbocycles. The van der Waals surface area contributed by atoms with Crippen LogP contribution in [0.4, 0.5) is 5.69 Å². The quantitative estimate of drug-likeness (QED) is 0.329. The molecule has 1 amide bonds. The Kier molecular flexibility index (Phi) is 6.61. The number of rotatable bonds is 7. The fourth-order valence-corrected chi connectivity index (χ4v) is 4.04. The van der Waals surface area contributed by atoms with Crippen molar-refractivity contribution in [2.75, 3.05) is 12.4 Å². The maximum atomic E-state index is 12.6. The van der Waals surface area contributed by atoms with Crippen molar-refractivity contribution in [3.8, 4) is 17.2 Å². The van der Waals surface area contributed by atoms with Crippen LogP contribution in [0, 0.1) is 13.8 Å². The average Bonchev–Trinajstić information content (AvgIpc) is 3.19. The number of methoxy groups -OCH3 is 1. The fourth-order valence-electron chi connectivity index (χ4n) is 3.14. The molecule has 0 radical (unpaired) electrons. The summed E-state index contributed by atoms with van der Waals surface area (Å²) in [6, 6.07) is 22.9. The van der Waals surface area contributed by atoms with Crippen LogP contribution >= 0.6 is 11.8 Å². The van der Waals surface area contributed by atoms with Gasteiger partial charge in [0.25, 0.3) is 5.91 Å². The predicted molar refractivity (Wildman–Crippen MR) is 128 cm³/mol. The van der Waals surface area contributed by atoms with Crippen LogP contribution in [0.25, 0.3) is 11.5 Å². The number of anilines is 1. The van der Waals surface area contributed by atoms with E-state index in [1.165, 1.54) is 10.5 Å². The summed E-state index contributed by atoms with van der Waals surface area (Å²) >= 11 is 1.73. The van der Waals surface area contributed by atoms with Gasteiger partial charge in [0.2, 0.25) is 5.89 Å². The van der Waals surface area contributed by atoms with Crippen molar-refractivity contribution < 1.29 is 13.9 Å². The molecule has 0 aliphatic heterocycles. The topological polar surface area (TPSA) is 64.4 Å². The number of aromatic nitrogens is 1. The summed E-state index contributed by atoms with van der Waals surface area (Å²) in [4.78, 5) is 18.4. The Labute approximate surface area is 191 Å². The Hall–Kier alpha value is -3.51. The number of nitrogens with zero attached hydrogens (tertiary/aromatic N) is 1. The number of carbonyl (C=O) groups is 1. The Morgan fingerprint density at radius 3 is 2.50 bits per heavy atom. The molecule has 6 heteroatoms. The van der Waals surface area contributed by atoms with Crippen molar-refractivity contribution in [2.45, 2.75) is 24.5 Å². The van der Waals surface area contributed by atoms with E-state index in [2.05, 4.69) is 41.5 Å². The first-order chi connectivity index (χ1) is 15.5. The van der Waals surface area contributed by atoms with E-state index in [-0.39, 0.29) is 5.91 Å². The lowest BCUT2D eigenvalue weighted by molar-refractivity contribution is 0.102. The highest BCUT2D eigenvalue weighted by molar-refractivity contribution is 7.98. The minimum absolute atomic E-state index is 0.191. The van der Waals surface area contributed by atoms with Gasteiger partial charge < -0.3 is 14.5 Å². The first-order valence-electron chi connectivity index (χ1n) is 10.2. The zero-order chi connectivity index (χ0) is 22.5. The van der Waals surface area contributed by atoms with Crippen molar-refractivity contribution in [1.29, 1.82) is 0 Å². The molecule has 4 rings (SSSR count). The summed E-state index contributed by atoms with van der Waals surface area (Å²) in [6.45, 7) is 4.01. The number of aryl methyl sites for hydroxylation is 2. The number of ether oxygens (including phenoxy) is 1. The molecule has 0 atom stereocenters. The maximum Gasteiger partial charge on any atom is 0.255 e. The van der Waals surface area contributed by atoms with Gasteiger partial charge in [0, 0.05) is 33.5 Å². The van der Waals surface area contributed by atoms with Gasteiger partial charge in [0.1, 0.15) is 11.5 Å². The van der Waals surface area contributed by atoms with Crippen LogP contribution < -0.4 is 10.1 Å². The van der Waals surface area contributed by atoms with Gasteiger partial charge >= 0.3 is 0 Å². The number of nitrogens with one attached hydrogen (secondary N) is 1. The van der Waals surface area contributed by atoms with E-state index in [1.807, 2.05) is 37.3 Å². The highest BCUT2D eigenvalue weighted by Gasteiger charge is 2.13. The molecule has 4 aromatic rings. The first kappa shape index (κ1) is 21.7. The lowest BCUT2D eigenvalue weighted by atomic mass is 10.1. The highest BCUT2D eigenvalue weighted by atomic mass is 32.2. The molecule has 162 valence electrons. The molecule has 0 aliphatic rings. The van der Waals surface area contributed by atoms with E-state index in [9.17, 15) is 4.79 Å². The molecule has 1 aromatic heterocycles. The molecule has 0 bridgehead atoms. The third-order valence-electron chi connectivity index (χ3n) is 5.01. The van der Waals surface area contributed by atoms with Gasteiger partial charge in [-0.25, -0.2) is 4.98 Å². The van der Waals surface area contributed by atoms with Crippen LogP contribution in [0.3, 0.4) is 0 Å². The van der Waals surface area contributed by atoms with E-state index in [1.54, 1.807) is 37.1 Å². The highest BCUT2D eigenvalue weighted by Crippen LogP contribution is 2.28. The van der Waals surface area contributed by atoms with E-state index >= 15 is 0 Å². The molecule has 0 unspecified atom stereocenters. The molecule has 0 saturated carbocycles. The third-order valence-corrected chi connectivity index (χ3v) is 6.03. The second-order valence-corrected chi connectivity index (χ2v) is 8.44. The number of benzene rings is 3. The maximum absolute atomic E-state index is 12.6. The molecule has 0 spiro atoms. The van der Waals surface area contributed by atoms with E-state index in [0.29, 0.717) is 22.9 Å². The normalized spacial score (nSPS) is 10.7. The van der Waals surface area contributed by atoms with E-state index in [0.717, 1.165) is 22.8 Å². The molecular formula is C26H24N2O3S. The van der Waals surface area contributed by atoms with Crippen LogP contribution in [0.2, 0.25) is 0 Å². The lowest BCUT2D eigenvalue weighted by Crippen LogP contribution is -2.11. The van der Waals surface area contributed by atoms with Crippen LogP contribution in [-0.2, 0) is 5.75 Å². The minimum atomic E-state index is -0.191. The zero-order valence-corrected chi connectivity index (χ0v) is 19.0. The number of hydrogen-bond acceptors (Lipinski definition) is 5. The smallest absolute Gasteiger partial charge is 0.255 e. The standard InChI is InChI=1S/C26H24N2O3S/c1-17-7-13-23(14-8-17)32-16-24-18(2)31-26(28-24)20-11-9-19(10-12-20)25(29)27-21-5-4-6-22(15-21)30-3/h4-15H,16H2,1-3H3,(H,27,29). The average molecular weight is 445 g/mol. The fraction of sp³-hybridized carbons (Fsp3) is 0.154. The lowest BCUT2D eigenvalue weighted by Gasteiger charge is -2.07. The van der Waals surface area contributed by atoms with Crippen molar-refractivity contribution in [1.82, 2.24) is 4.98 Å². The van der Waals surface area contributed by atoms with E-state index in [4.69, 9.17) is 9.15 Å². The Bertz CT molecular complexity index is 1210. The SMILES string of the molecule is COc1cccc(NC(=O)c2ccc(-c3nc(CSc4ccc(C)cc4)c(C)o3)cc2)c1. The van der Waals surface area contributed by atoms with Crippen LogP contribution in [-0.4, -0.2) is 18.0 Å². The molecule has 0 saturated heterocycles. The van der Waals surface area contributed by atoms with Crippen LogP contribution in [0.5, 0.6) is 5.75 Å². The van der Waals surface area contributed by atoms with Crippen molar-refractivity contribution in [3.05, 3.63) is 95.4 Å². The molecule has 5 nitrogen and oxygen atoms in total. The van der Waals surface area contributed by atoms with Gasteiger partial charge in [-0.2, -0.15) is 0 Å². The number of carbonyl (C=O) groups excluding carboxylic acids is 1. The van der Waals surface area contributed by atoms with Crippen molar-refractivity contribution in [3.63, 3.8) is 0 Å². The molecule has 1 N–H and O–H groups in total. The molecule has 0 fully saturated rings. The van der Waals surface area contributed by atoms with E-state index < -0.39 is 0 Å². The molecule has 1 heterocycles. The van der Waals surface area contributed by atoms with Crippen LogP contribution in [0.15, 0.2) is 82.1 Å². The zero-order valence-electron chi connectivity index (χ0n) is 18.2. The summed E-state index contributed by atoms with van der Waals surface area (Å²) in [7, 11) is 1.59. The second kappa shape index (κ2) is 9.75. The molecular weight excluding hydrogens is 420 g/mol. The summed E-state index contributed by atoms with van der Waals surface area (Å²) in [6.07, 6.45) is 0. The van der Waals surface area contributed by atoms with Crippen molar-refractivity contribution >= 4 is 23.4 Å². The minimum Gasteiger partial charge on any atom is -0.497 e. The van der Waals surface area contributed by atoms with Gasteiger partial charge in [-0.1, -0.05) is 23.8 Å². The predicted octanol–water partition coefficient (Wildman–Crippen LogP) is 6.51. The van der Waals surface area contributed by atoms with Crippen molar-refractivity contribution in [2.24, 2.45) is 0 Å². The summed E-state index contributed by atoms with van der Waals surface area (Å²) < 4.78 is 11.1. The molecule has 3 aromatic carbocycles. The summed E-state index contributed by atoms with van der Waals surface area (Å²) in [5.74, 6) is 2.60. The molecule has 32 heavy (non-hydrogen) atoms.